The molecule has 0 aliphatic carbocycles. The van der Waals surface area contributed by atoms with Crippen molar-refractivity contribution >= 4 is 29.7 Å². The van der Waals surface area contributed by atoms with Gasteiger partial charge in [-0.25, -0.2) is 4.79 Å². The molecular weight excluding hydrogens is 426 g/mol. The lowest BCUT2D eigenvalue weighted by Gasteiger charge is -2.09. The van der Waals surface area contributed by atoms with E-state index in [1.54, 1.807) is 12.1 Å². The second-order valence-electron chi connectivity index (χ2n) is 6.80. The fourth-order valence-corrected chi connectivity index (χ4v) is 2.70. The first-order chi connectivity index (χ1) is 15.9. The standard InChI is InChI=1S/C24H23N3O6/c1-3-4-12-26-24(29)19(16-25)13-18-8-10-21(22(15-18)32-2)33-23(28)11-9-17-6-5-7-20(14-17)27(30)31/h5-11,13-15H,3-4,12H2,1-2H3,(H,26,29)/b11-9+,19-13+. The van der Waals surface area contributed by atoms with Crippen molar-refractivity contribution in [2.75, 3.05) is 13.7 Å². The highest BCUT2D eigenvalue weighted by Crippen LogP contribution is 2.29. The Morgan fingerprint density at radius 2 is 1.97 bits per heavy atom. The third-order valence-electron chi connectivity index (χ3n) is 4.38. The lowest BCUT2D eigenvalue weighted by molar-refractivity contribution is -0.384. The normalized spacial score (nSPS) is 11.0. The van der Waals surface area contributed by atoms with Gasteiger partial charge < -0.3 is 14.8 Å². The van der Waals surface area contributed by atoms with Crippen molar-refractivity contribution in [2.45, 2.75) is 19.8 Å². The molecule has 9 nitrogen and oxygen atoms in total. The Bertz CT molecular complexity index is 1130. The average Bonchev–Trinajstić information content (AvgIpc) is 2.82. The Labute approximate surface area is 191 Å². The third-order valence-corrected chi connectivity index (χ3v) is 4.38. The highest BCUT2D eigenvalue weighted by Gasteiger charge is 2.12. The number of nitro benzene ring substituents is 1. The molecule has 0 unspecified atom stereocenters. The molecule has 0 fully saturated rings. The van der Waals surface area contributed by atoms with Crippen LogP contribution >= 0.6 is 0 Å². The molecule has 2 aromatic carbocycles. The molecule has 9 heteroatoms. The molecule has 1 N–H and O–H groups in total. The lowest BCUT2D eigenvalue weighted by Crippen LogP contribution is -2.25. The van der Waals surface area contributed by atoms with E-state index in [4.69, 9.17) is 9.47 Å². The molecular formula is C24H23N3O6. The van der Waals surface area contributed by atoms with E-state index in [2.05, 4.69) is 5.32 Å². The van der Waals surface area contributed by atoms with Crippen LogP contribution in [0.25, 0.3) is 12.2 Å². The van der Waals surface area contributed by atoms with E-state index in [1.165, 1.54) is 49.6 Å². The molecule has 170 valence electrons. The predicted octanol–water partition coefficient (Wildman–Crippen LogP) is 4.05. The average molecular weight is 449 g/mol. The number of nitrogens with zero attached hydrogens (tertiary/aromatic N) is 2. The first-order valence-corrected chi connectivity index (χ1v) is 10.1. The molecule has 1 amide bonds. The Kier molecular flexibility index (Phi) is 9.34. The summed E-state index contributed by atoms with van der Waals surface area (Å²) in [5.41, 5.74) is 0.834. The number of nitro groups is 1. The number of carbonyl (C=O) groups excluding carboxylic acids is 2. The lowest BCUT2D eigenvalue weighted by atomic mass is 10.1. The number of benzene rings is 2. The zero-order chi connectivity index (χ0) is 24.2. The first kappa shape index (κ1) is 24.8. The zero-order valence-electron chi connectivity index (χ0n) is 18.2. The highest BCUT2D eigenvalue weighted by molar-refractivity contribution is 6.01. The summed E-state index contributed by atoms with van der Waals surface area (Å²) in [6.45, 7) is 2.48. The maximum absolute atomic E-state index is 12.2. The van der Waals surface area contributed by atoms with Gasteiger partial charge in [-0.15, -0.1) is 0 Å². The second-order valence-corrected chi connectivity index (χ2v) is 6.80. The molecule has 2 rings (SSSR count). The van der Waals surface area contributed by atoms with Gasteiger partial charge in [-0.1, -0.05) is 31.5 Å². The van der Waals surface area contributed by atoms with E-state index >= 15 is 0 Å². The number of methoxy groups -OCH3 is 1. The van der Waals surface area contributed by atoms with Gasteiger partial charge in [0.05, 0.1) is 12.0 Å². The van der Waals surface area contributed by atoms with Crippen LogP contribution < -0.4 is 14.8 Å². The minimum Gasteiger partial charge on any atom is -0.493 e. The summed E-state index contributed by atoms with van der Waals surface area (Å²) in [4.78, 5) is 34.6. The number of rotatable bonds is 10. The van der Waals surface area contributed by atoms with E-state index in [0.717, 1.165) is 18.9 Å². The monoisotopic (exact) mass is 449 g/mol. The van der Waals surface area contributed by atoms with Gasteiger partial charge in [0.2, 0.25) is 0 Å². The van der Waals surface area contributed by atoms with Crippen LogP contribution in [0.15, 0.2) is 54.1 Å². The molecule has 0 bridgehead atoms. The van der Waals surface area contributed by atoms with Gasteiger partial charge in [-0.05, 0) is 41.8 Å². The van der Waals surface area contributed by atoms with Gasteiger partial charge in [0.1, 0.15) is 11.6 Å². The van der Waals surface area contributed by atoms with Crippen LogP contribution in [0.1, 0.15) is 30.9 Å². The van der Waals surface area contributed by atoms with Crippen molar-refractivity contribution in [3.8, 4) is 17.6 Å². The maximum Gasteiger partial charge on any atom is 0.336 e. The predicted molar refractivity (Wildman–Crippen MR) is 122 cm³/mol. The van der Waals surface area contributed by atoms with Crippen LogP contribution in [0.4, 0.5) is 5.69 Å². The number of ether oxygens (including phenoxy) is 2. The van der Waals surface area contributed by atoms with Gasteiger partial charge in [0, 0.05) is 24.8 Å². The van der Waals surface area contributed by atoms with Crippen molar-refractivity contribution in [3.05, 3.63) is 75.4 Å². The molecule has 0 aliphatic rings. The number of amides is 1. The van der Waals surface area contributed by atoms with Gasteiger partial charge in [0.15, 0.2) is 11.5 Å². The Balaban J connectivity index is 2.13. The Morgan fingerprint density at radius 3 is 2.64 bits per heavy atom. The van der Waals surface area contributed by atoms with E-state index in [9.17, 15) is 25.0 Å². The molecule has 0 aromatic heterocycles. The minimum atomic E-state index is -0.712. The fraction of sp³-hybridized carbons (Fsp3) is 0.208. The number of unbranched alkanes of at least 4 members (excludes halogenated alkanes) is 1. The molecule has 0 atom stereocenters. The second kappa shape index (κ2) is 12.4. The molecule has 33 heavy (non-hydrogen) atoms. The van der Waals surface area contributed by atoms with Crippen LogP contribution in [0.3, 0.4) is 0 Å². The molecule has 2 aromatic rings. The SMILES string of the molecule is CCCCNC(=O)/C(C#N)=C/c1ccc(OC(=O)/C=C/c2cccc([N+](=O)[O-])c2)c(OC)c1. The molecule has 0 spiro atoms. The number of hydrogen-bond acceptors (Lipinski definition) is 7. The van der Waals surface area contributed by atoms with Crippen molar-refractivity contribution in [3.63, 3.8) is 0 Å². The number of non-ortho nitro benzene ring substituents is 1. The largest absolute Gasteiger partial charge is 0.493 e. The Hall–Kier alpha value is -4.45. The van der Waals surface area contributed by atoms with Crippen molar-refractivity contribution in [1.29, 1.82) is 5.26 Å². The summed E-state index contributed by atoms with van der Waals surface area (Å²) in [6, 6.07) is 12.3. The molecule has 0 saturated heterocycles. The van der Waals surface area contributed by atoms with Crippen molar-refractivity contribution < 1.29 is 24.0 Å². The van der Waals surface area contributed by atoms with E-state index in [-0.39, 0.29) is 22.8 Å². The van der Waals surface area contributed by atoms with Gasteiger partial charge >= 0.3 is 5.97 Å². The van der Waals surface area contributed by atoms with Gasteiger partial charge in [-0.3, -0.25) is 14.9 Å². The minimum absolute atomic E-state index is 0.0576. The number of nitriles is 1. The summed E-state index contributed by atoms with van der Waals surface area (Å²) in [5, 5.41) is 22.8. The van der Waals surface area contributed by atoms with Crippen LogP contribution in [-0.4, -0.2) is 30.5 Å². The van der Waals surface area contributed by atoms with Crippen LogP contribution in [0, 0.1) is 21.4 Å². The van der Waals surface area contributed by atoms with Crippen LogP contribution in [0.5, 0.6) is 11.5 Å². The number of hydrogen-bond donors (Lipinski definition) is 1. The molecule has 0 heterocycles. The topological polar surface area (TPSA) is 132 Å². The number of esters is 1. The Morgan fingerprint density at radius 1 is 1.18 bits per heavy atom. The third kappa shape index (κ3) is 7.63. The number of nitrogens with one attached hydrogen (secondary N) is 1. The van der Waals surface area contributed by atoms with E-state index in [0.29, 0.717) is 17.7 Å². The van der Waals surface area contributed by atoms with Crippen LogP contribution in [0.2, 0.25) is 0 Å². The summed E-state index contributed by atoms with van der Waals surface area (Å²) >= 11 is 0. The summed E-state index contributed by atoms with van der Waals surface area (Å²) in [6.07, 6.45) is 5.69. The van der Waals surface area contributed by atoms with E-state index in [1.807, 2.05) is 13.0 Å². The van der Waals surface area contributed by atoms with Crippen LogP contribution in [-0.2, 0) is 9.59 Å². The fourth-order valence-electron chi connectivity index (χ4n) is 2.70. The van der Waals surface area contributed by atoms with E-state index < -0.39 is 16.8 Å². The van der Waals surface area contributed by atoms with Gasteiger partial charge in [-0.2, -0.15) is 5.26 Å². The smallest absolute Gasteiger partial charge is 0.336 e. The number of carbonyl (C=O) groups is 2. The quantitative estimate of drug-likeness (QED) is 0.110. The molecule has 0 saturated carbocycles. The van der Waals surface area contributed by atoms with Gasteiger partial charge in [0.25, 0.3) is 11.6 Å². The summed E-state index contributed by atoms with van der Waals surface area (Å²) in [5.74, 6) is -0.818. The zero-order valence-corrected chi connectivity index (χ0v) is 18.2. The van der Waals surface area contributed by atoms with Crippen molar-refractivity contribution in [2.24, 2.45) is 0 Å². The first-order valence-electron chi connectivity index (χ1n) is 10.1. The molecule has 0 radical (unpaired) electrons. The van der Waals surface area contributed by atoms with Crippen molar-refractivity contribution in [1.82, 2.24) is 5.32 Å². The highest BCUT2D eigenvalue weighted by atomic mass is 16.6. The maximum atomic E-state index is 12.2. The summed E-state index contributed by atoms with van der Waals surface area (Å²) < 4.78 is 10.5. The summed E-state index contributed by atoms with van der Waals surface area (Å²) in [7, 11) is 1.39. The molecule has 0 aliphatic heterocycles.